The maximum atomic E-state index is 11.2. The van der Waals surface area contributed by atoms with E-state index < -0.39 is 0 Å². The summed E-state index contributed by atoms with van der Waals surface area (Å²) in [6.45, 7) is 0. The Hall–Kier alpha value is -2.61. The monoisotopic (exact) mass is 276 g/mol. The summed E-state index contributed by atoms with van der Waals surface area (Å²) in [4.78, 5) is 11.2. The zero-order valence-corrected chi connectivity index (χ0v) is 11.9. The van der Waals surface area contributed by atoms with Crippen LogP contribution < -0.4 is 0 Å². The maximum Gasteiger partial charge on any atom is 0.309 e. The van der Waals surface area contributed by atoms with Gasteiger partial charge in [-0.25, -0.2) is 0 Å². The van der Waals surface area contributed by atoms with Crippen molar-refractivity contribution < 1.29 is 9.53 Å². The van der Waals surface area contributed by atoms with Gasteiger partial charge in [0.1, 0.15) is 0 Å². The van der Waals surface area contributed by atoms with Crippen molar-refractivity contribution >= 4 is 33.6 Å². The van der Waals surface area contributed by atoms with Gasteiger partial charge in [0.05, 0.1) is 13.5 Å². The summed E-state index contributed by atoms with van der Waals surface area (Å²) < 4.78 is 4.66. The quantitative estimate of drug-likeness (QED) is 0.517. The highest BCUT2D eigenvalue weighted by molar-refractivity contribution is 6.10. The molecule has 21 heavy (non-hydrogen) atoms. The molecule has 3 rings (SSSR count). The summed E-state index contributed by atoms with van der Waals surface area (Å²) in [5.74, 6) is -0.226. The number of rotatable bonds is 3. The van der Waals surface area contributed by atoms with Crippen molar-refractivity contribution in [3.63, 3.8) is 0 Å². The lowest BCUT2D eigenvalue weighted by Gasteiger charge is -2.07. The molecule has 2 nitrogen and oxygen atoms in total. The van der Waals surface area contributed by atoms with Gasteiger partial charge in [-0.2, -0.15) is 0 Å². The lowest BCUT2D eigenvalue weighted by atomic mass is 9.97. The van der Waals surface area contributed by atoms with Crippen molar-refractivity contribution in [3.05, 3.63) is 66.2 Å². The molecule has 0 aliphatic rings. The molecule has 0 radical (unpaired) electrons. The van der Waals surface area contributed by atoms with Crippen LogP contribution in [0.2, 0.25) is 0 Å². The zero-order chi connectivity index (χ0) is 14.7. The van der Waals surface area contributed by atoms with Crippen molar-refractivity contribution in [1.82, 2.24) is 0 Å². The highest BCUT2D eigenvalue weighted by Gasteiger charge is 2.04. The molecular formula is C19H16O2. The summed E-state index contributed by atoms with van der Waals surface area (Å²) in [5.41, 5.74) is 1.12. The van der Waals surface area contributed by atoms with Crippen molar-refractivity contribution in [2.45, 2.75) is 6.42 Å². The van der Waals surface area contributed by atoms with E-state index >= 15 is 0 Å². The van der Waals surface area contributed by atoms with E-state index in [1.54, 1.807) is 0 Å². The van der Waals surface area contributed by atoms with Crippen molar-refractivity contribution in [3.8, 4) is 0 Å². The first-order valence-electron chi connectivity index (χ1n) is 6.93. The first-order chi connectivity index (χ1) is 10.3. The van der Waals surface area contributed by atoms with Gasteiger partial charge in [0.15, 0.2) is 0 Å². The highest BCUT2D eigenvalue weighted by atomic mass is 16.5. The van der Waals surface area contributed by atoms with Crippen LogP contribution in [0, 0.1) is 0 Å². The topological polar surface area (TPSA) is 26.3 Å². The third-order valence-corrected chi connectivity index (χ3v) is 3.61. The molecule has 0 fully saturated rings. The summed E-state index contributed by atoms with van der Waals surface area (Å²) in [6, 6.07) is 18.8. The van der Waals surface area contributed by atoms with Crippen LogP contribution in [0.3, 0.4) is 0 Å². The normalized spacial score (nSPS) is 11.3. The highest BCUT2D eigenvalue weighted by Crippen LogP contribution is 2.29. The second-order valence-electron chi connectivity index (χ2n) is 4.92. The minimum atomic E-state index is -0.226. The van der Waals surface area contributed by atoms with Gasteiger partial charge >= 0.3 is 5.97 Å². The van der Waals surface area contributed by atoms with Crippen molar-refractivity contribution in [2.75, 3.05) is 7.11 Å². The molecule has 3 aromatic carbocycles. The van der Waals surface area contributed by atoms with Crippen LogP contribution >= 0.6 is 0 Å². The summed E-state index contributed by atoms with van der Waals surface area (Å²) in [7, 11) is 1.40. The van der Waals surface area contributed by atoms with Gasteiger partial charge in [0, 0.05) is 0 Å². The molecule has 0 atom stereocenters. The lowest BCUT2D eigenvalue weighted by Crippen LogP contribution is -1.96. The Labute approximate surface area is 123 Å². The van der Waals surface area contributed by atoms with E-state index in [1.807, 2.05) is 24.3 Å². The van der Waals surface area contributed by atoms with Crippen molar-refractivity contribution in [1.29, 1.82) is 0 Å². The number of hydrogen-bond donors (Lipinski definition) is 0. The molecule has 0 amide bonds. The molecule has 0 spiro atoms. The number of methoxy groups -OCH3 is 1. The Morgan fingerprint density at radius 3 is 2.43 bits per heavy atom. The van der Waals surface area contributed by atoms with E-state index in [4.69, 9.17) is 0 Å². The Morgan fingerprint density at radius 2 is 1.67 bits per heavy atom. The number of hydrogen-bond acceptors (Lipinski definition) is 2. The Kier molecular flexibility index (Phi) is 3.69. The van der Waals surface area contributed by atoms with Crippen LogP contribution in [0.25, 0.3) is 27.6 Å². The van der Waals surface area contributed by atoms with Gasteiger partial charge in [0.2, 0.25) is 0 Å². The predicted octanol–water partition coefficient (Wildman–Crippen LogP) is 4.57. The maximum absolute atomic E-state index is 11.2. The summed E-state index contributed by atoms with van der Waals surface area (Å²) in [6.07, 6.45) is 4.13. The van der Waals surface area contributed by atoms with E-state index in [0.717, 1.165) is 5.56 Å². The van der Waals surface area contributed by atoms with Crippen LogP contribution in [0.5, 0.6) is 0 Å². The van der Waals surface area contributed by atoms with E-state index in [2.05, 4.69) is 47.2 Å². The average Bonchev–Trinajstić information content (AvgIpc) is 2.54. The van der Waals surface area contributed by atoms with Gasteiger partial charge in [-0.15, -0.1) is 0 Å². The van der Waals surface area contributed by atoms with Crippen LogP contribution in [0.1, 0.15) is 12.0 Å². The fourth-order valence-corrected chi connectivity index (χ4v) is 2.59. The number of fused-ring (bicyclic) bond motifs is 3. The first kappa shape index (κ1) is 13.4. The lowest BCUT2D eigenvalue weighted by molar-refractivity contribution is -0.139. The third kappa shape index (κ3) is 2.65. The molecule has 3 aromatic rings. The summed E-state index contributed by atoms with van der Waals surface area (Å²) >= 11 is 0. The van der Waals surface area contributed by atoms with Crippen LogP contribution in [-0.4, -0.2) is 13.1 Å². The smallest absolute Gasteiger partial charge is 0.309 e. The SMILES string of the molecule is COC(=O)CC=Cc1cc2ccccc2c2ccccc12. The fourth-order valence-electron chi connectivity index (χ4n) is 2.59. The molecule has 0 saturated heterocycles. The van der Waals surface area contributed by atoms with Gasteiger partial charge in [-0.3, -0.25) is 4.79 Å². The minimum Gasteiger partial charge on any atom is -0.469 e. The molecule has 0 aromatic heterocycles. The van der Waals surface area contributed by atoms with E-state index in [-0.39, 0.29) is 12.4 Å². The fraction of sp³-hybridized carbons (Fsp3) is 0.105. The predicted molar refractivity (Wildman–Crippen MR) is 87.1 cm³/mol. The standard InChI is InChI=1S/C19H16O2/c1-21-19(20)12-6-8-15-13-14-7-2-3-9-16(14)18-11-5-4-10-17(15)18/h2-11,13H,12H2,1H3. The molecule has 0 heterocycles. The van der Waals surface area contributed by atoms with Crippen LogP contribution in [0.15, 0.2) is 60.7 Å². The Morgan fingerprint density at radius 1 is 1.00 bits per heavy atom. The van der Waals surface area contributed by atoms with Gasteiger partial charge < -0.3 is 4.74 Å². The third-order valence-electron chi connectivity index (χ3n) is 3.61. The number of esters is 1. The molecule has 0 saturated carbocycles. The minimum absolute atomic E-state index is 0.226. The van der Waals surface area contributed by atoms with E-state index in [9.17, 15) is 4.79 Å². The number of benzene rings is 3. The van der Waals surface area contributed by atoms with E-state index in [1.165, 1.54) is 28.7 Å². The van der Waals surface area contributed by atoms with Crippen molar-refractivity contribution in [2.24, 2.45) is 0 Å². The second-order valence-corrected chi connectivity index (χ2v) is 4.92. The molecule has 0 N–H and O–H groups in total. The number of carbonyl (C=O) groups excluding carboxylic acids is 1. The molecule has 104 valence electrons. The van der Waals surface area contributed by atoms with Gasteiger partial charge in [0.25, 0.3) is 0 Å². The Balaban J connectivity index is 2.14. The second kappa shape index (κ2) is 5.80. The van der Waals surface area contributed by atoms with E-state index in [0.29, 0.717) is 0 Å². The van der Waals surface area contributed by atoms with Gasteiger partial charge in [-0.05, 0) is 33.2 Å². The largest absolute Gasteiger partial charge is 0.469 e. The van der Waals surface area contributed by atoms with Crippen LogP contribution in [-0.2, 0) is 9.53 Å². The summed E-state index contributed by atoms with van der Waals surface area (Å²) in [5, 5.41) is 4.87. The molecule has 0 aliphatic heterocycles. The molecular weight excluding hydrogens is 260 g/mol. The van der Waals surface area contributed by atoms with Gasteiger partial charge in [-0.1, -0.05) is 60.7 Å². The van der Waals surface area contributed by atoms with Crippen LogP contribution in [0.4, 0.5) is 0 Å². The molecule has 2 heteroatoms. The molecule has 0 aliphatic carbocycles. The molecule has 0 bridgehead atoms. The molecule has 0 unspecified atom stereocenters. The number of ether oxygens (including phenoxy) is 1. The zero-order valence-electron chi connectivity index (χ0n) is 11.9. The first-order valence-corrected chi connectivity index (χ1v) is 6.93. The average molecular weight is 276 g/mol. The Bertz CT molecular complexity index is 831. The number of carbonyl (C=O) groups is 1.